The topological polar surface area (TPSA) is 27.7 Å². The molecule has 1 saturated heterocycles. The van der Waals surface area contributed by atoms with Crippen molar-refractivity contribution in [3.8, 4) is 22.6 Å². The molecule has 0 amide bonds. The van der Waals surface area contributed by atoms with E-state index in [9.17, 15) is 8.78 Å². The number of ether oxygens (including phenoxy) is 3. The summed E-state index contributed by atoms with van der Waals surface area (Å²) in [5.41, 5.74) is 4.35. The van der Waals surface area contributed by atoms with Crippen molar-refractivity contribution in [2.24, 2.45) is 17.8 Å². The Morgan fingerprint density at radius 2 is 1.30 bits per heavy atom. The van der Waals surface area contributed by atoms with E-state index in [4.69, 9.17) is 14.2 Å². The minimum absolute atomic E-state index is 0.109. The van der Waals surface area contributed by atoms with Crippen LogP contribution in [0, 0.1) is 29.4 Å². The first-order valence-electron chi connectivity index (χ1n) is 15.1. The van der Waals surface area contributed by atoms with Crippen LogP contribution in [-0.4, -0.2) is 13.2 Å². The number of hydrogen-bond donors (Lipinski definition) is 0. The third kappa shape index (κ3) is 6.86. The van der Waals surface area contributed by atoms with Gasteiger partial charge in [-0.05, 0) is 84.7 Å². The molecule has 3 aromatic carbocycles. The number of rotatable bonds is 10. The lowest BCUT2D eigenvalue weighted by atomic mass is 9.73. The first-order valence-corrected chi connectivity index (χ1v) is 15.1. The van der Waals surface area contributed by atoms with Gasteiger partial charge in [0.25, 0.3) is 0 Å². The fourth-order valence-corrected chi connectivity index (χ4v) is 6.50. The summed E-state index contributed by atoms with van der Waals surface area (Å²) in [6, 6.07) is 19.4. The van der Waals surface area contributed by atoms with Gasteiger partial charge in [-0.2, -0.15) is 8.78 Å². The minimum atomic E-state index is -1.03. The zero-order valence-electron chi connectivity index (χ0n) is 23.8. The molecule has 2 unspecified atom stereocenters. The predicted octanol–water partition coefficient (Wildman–Crippen LogP) is 9.68. The summed E-state index contributed by atoms with van der Waals surface area (Å²) in [7, 11) is 0. The molecule has 1 saturated carbocycles. The van der Waals surface area contributed by atoms with Crippen LogP contribution >= 0.6 is 0 Å². The van der Waals surface area contributed by atoms with Crippen molar-refractivity contribution < 1.29 is 23.0 Å². The smallest absolute Gasteiger partial charge is 0.204 e. The quantitative estimate of drug-likeness (QED) is 0.252. The Hall–Kier alpha value is -2.92. The number of hydrogen-bond acceptors (Lipinski definition) is 3. The molecule has 3 nitrogen and oxygen atoms in total. The average molecular weight is 549 g/mol. The molecule has 0 aromatic heterocycles. The van der Waals surface area contributed by atoms with Crippen LogP contribution in [0.25, 0.3) is 11.1 Å². The summed E-state index contributed by atoms with van der Waals surface area (Å²) in [6.45, 7) is 5.33. The monoisotopic (exact) mass is 548 g/mol. The molecule has 3 aromatic rings. The van der Waals surface area contributed by atoms with Crippen molar-refractivity contribution in [1.29, 1.82) is 0 Å². The van der Waals surface area contributed by atoms with E-state index in [0.29, 0.717) is 0 Å². The summed E-state index contributed by atoms with van der Waals surface area (Å²) in [6.07, 6.45) is 10.9. The molecule has 0 bridgehead atoms. The van der Waals surface area contributed by atoms with E-state index < -0.39 is 11.6 Å². The minimum Gasteiger partial charge on any atom is -0.491 e. The van der Waals surface area contributed by atoms with E-state index in [1.807, 2.05) is 24.3 Å². The zero-order valence-corrected chi connectivity index (χ0v) is 23.8. The highest BCUT2D eigenvalue weighted by molar-refractivity contribution is 5.64. The Labute approximate surface area is 237 Å². The second kappa shape index (κ2) is 13.6. The van der Waals surface area contributed by atoms with E-state index in [1.165, 1.54) is 62.6 Å². The van der Waals surface area contributed by atoms with E-state index in [1.54, 1.807) is 6.92 Å². The highest BCUT2D eigenvalue weighted by Gasteiger charge is 2.31. The Morgan fingerprint density at radius 3 is 1.88 bits per heavy atom. The summed E-state index contributed by atoms with van der Waals surface area (Å²) in [5.74, 6) is 0.242. The largest absolute Gasteiger partial charge is 0.491 e. The third-order valence-corrected chi connectivity index (χ3v) is 8.84. The van der Waals surface area contributed by atoms with Crippen LogP contribution in [0.15, 0.2) is 60.7 Å². The molecule has 0 N–H and O–H groups in total. The first-order chi connectivity index (χ1) is 19.6. The van der Waals surface area contributed by atoms with Crippen LogP contribution in [0.1, 0.15) is 82.4 Å². The van der Waals surface area contributed by atoms with Crippen molar-refractivity contribution in [3.05, 3.63) is 83.4 Å². The normalized spacial score (nSPS) is 23.1. The molecule has 0 radical (unpaired) electrons. The van der Waals surface area contributed by atoms with Crippen LogP contribution < -0.4 is 9.47 Å². The highest BCUT2D eigenvalue weighted by atomic mass is 19.2. The summed E-state index contributed by atoms with van der Waals surface area (Å²) >= 11 is 0. The molecule has 2 fully saturated rings. The van der Waals surface area contributed by atoms with Crippen LogP contribution in [0.5, 0.6) is 11.5 Å². The van der Waals surface area contributed by atoms with Gasteiger partial charge in [-0.3, -0.25) is 0 Å². The van der Waals surface area contributed by atoms with Gasteiger partial charge in [-0.25, -0.2) is 0 Å². The molecular formula is C35H42F2O3. The van der Waals surface area contributed by atoms with Crippen molar-refractivity contribution in [3.63, 3.8) is 0 Å². The maximum atomic E-state index is 14.3. The van der Waals surface area contributed by atoms with Crippen molar-refractivity contribution >= 4 is 0 Å². The Morgan fingerprint density at radius 1 is 0.700 bits per heavy atom. The molecular weight excluding hydrogens is 506 g/mol. The van der Waals surface area contributed by atoms with E-state index >= 15 is 0 Å². The van der Waals surface area contributed by atoms with Crippen LogP contribution in [0.4, 0.5) is 8.78 Å². The molecule has 2 atom stereocenters. The second-order valence-electron chi connectivity index (χ2n) is 11.5. The molecule has 214 valence electrons. The fourth-order valence-electron chi connectivity index (χ4n) is 6.50. The average Bonchev–Trinajstić information content (AvgIpc) is 3.00. The number of benzene rings is 3. The lowest BCUT2D eigenvalue weighted by molar-refractivity contribution is -0.0404. The summed E-state index contributed by atoms with van der Waals surface area (Å²) in [4.78, 5) is 0. The lowest BCUT2D eigenvalue weighted by Crippen LogP contribution is -2.29. The van der Waals surface area contributed by atoms with Crippen LogP contribution in [-0.2, 0) is 11.3 Å². The zero-order chi connectivity index (χ0) is 27.9. The number of halogens is 2. The van der Waals surface area contributed by atoms with Crippen molar-refractivity contribution in [2.45, 2.75) is 77.9 Å². The van der Waals surface area contributed by atoms with Gasteiger partial charge in [0.05, 0.1) is 19.3 Å². The van der Waals surface area contributed by atoms with Gasteiger partial charge >= 0.3 is 0 Å². The first kappa shape index (κ1) is 28.6. The third-order valence-electron chi connectivity index (χ3n) is 8.84. The molecule has 1 heterocycles. The predicted molar refractivity (Wildman–Crippen MR) is 156 cm³/mol. The summed E-state index contributed by atoms with van der Waals surface area (Å²) in [5, 5.41) is 0. The Kier molecular flexibility index (Phi) is 9.74. The van der Waals surface area contributed by atoms with Gasteiger partial charge in [-0.1, -0.05) is 81.1 Å². The molecule has 5 rings (SSSR count). The maximum Gasteiger partial charge on any atom is 0.204 e. The van der Waals surface area contributed by atoms with Crippen LogP contribution in [0.3, 0.4) is 0 Å². The molecule has 40 heavy (non-hydrogen) atoms. The van der Waals surface area contributed by atoms with Gasteiger partial charge in [-0.15, -0.1) is 0 Å². The van der Waals surface area contributed by atoms with E-state index in [-0.39, 0.29) is 30.8 Å². The second-order valence-corrected chi connectivity index (χ2v) is 11.5. The molecule has 2 aliphatic rings. The fraction of sp³-hybridized carbons (Fsp3) is 0.486. The van der Waals surface area contributed by atoms with Gasteiger partial charge < -0.3 is 14.2 Å². The molecule has 1 aliphatic heterocycles. The van der Waals surface area contributed by atoms with Crippen molar-refractivity contribution in [1.82, 2.24) is 0 Å². The van der Waals surface area contributed by atoms with Gasteiger partial charge in [0, 0.05) is 0 Å². The summed E-state index contributed by atoms with van der Waals surface area (Å²) < 4.78 is 45.4. The molecule has 0 spiro atoms. The van der Waals surface area contributed by atoms with Crippen molar-refractivity contribution in [2.75, 3.05) is 13.2 Å². The van der Waals surface area contributed by atoms with Gasteiger partial charge in [0.2, 0.25) is 11.6 Å². The molecule has 5 heteroatoms. The Bertz CT molecular complexity index is 1210. The standard InChI is InChI=1S/C35H42F2O3/c1-3-5-24-6-10-28(11-7-24)30-18-19-31(40-23-30)29-16-14-27(15-17-29)26-12-8-25(9-13-26)22-39-33-21-20-32(38-4-2)34(36)35(33)37/h8-9,12-17,20-21,24,28,30-31H,3-7,10-11,18-19,22-23H2,1-2H3. The maximum absolute atomic E-state index is 14.3. The van der Waals surface area contributed by atoms with Gasteiger partial charge in [0.15, 0.2) is 11.5 Å². The Balaban J connectivity index is 1.11. The SMILES string of the molecule is CCCC1CCC(C2CCC(c3ccc(-c4ccc(COc5ccc(OCC)c(F)c5F)cc4)cc3)OC2)CC1. The van der Waals surface area contributed by atoms with E-state index in [0.717, 1.165) is 47.5 Å². The molecule has 1 aliphatic carbocycles. The van der Waals surface area contributed by atoms with Crippen LogP contribution in [0.2, 0.25) is 0 Å². The van der Waals surface area contributed by atoms with E-state index in [2.05, 4.69) is 31.2 Å². The van der Waals surface area contributed by atoms with Gasteiger partial charge in [0.1, 0.15) is 6.61 Å². The highest BCUT2D eigenvalue weighted by Crippen LogP contribution is 2.41. The lowest BCUT2D eigenvalue weighted by Gasteiger charge is -2.38.